The maximum Gasteiger partial charge on any atom is 0.425 e. The fraction of sp³-hybridized carbons (Fsp3) is 0.424. The van der Waals surface area contributed by atoms with Crippen molar-refractivity contribution in [1.82, 2.24) is 4.98 Å². The largest absolute Gasteiger partial charge is 0.443 e. The fourth-order valence-electron chi connectivity index (χ4n) is 4.86. The Bertz CT molecular complexity index is 1530. The molecule has 0 spiro atoms. The molecular weight excluding hydrogens is 564 g/mol. The Hall–Kier alpha value is -4.51. The van der Waals surface area contributed by atoms with E-state index in [0.717, 1.165) is 16.2 Å². The molecular formula is C33H40N4O7. The van der Waals surface area contributed by atoms with E-state index in [1.807, 2.05) is 31.2 Å². The summed E-state index contributed by atoms with van der Waals surface area (Å²) in [4.78, 5) is 59.4. The number of carbonyl (C=O) groups is 4. The topological polar surface area (TPSA) is 138 Å². The van der Waals surface area contributed by atoms with Crippen LogP contribution in [-0.2, 0) is 19.1 Å². The summed E-state index contributed by atoms with van der Waals surface area (Å²) in [5, 5.41) is 14.6. The van der Waals surface area contributed by atoms with Gasteiger partial charge in [-0.2, -0.15) is 4.90 Å². The number of anilines is 3. The Labute approximate surface area is 257 Å². The molecule has 1 saturated heterocycles. The van der Waals surface area contributed by atoms with Crippen LogP contribution in [0.1, 0.15) is 59.9 Å². The zero-order chi connectivity index (χ0) is 32.4. The number of rotatable bonds is 5. The number of aryl methyl sites for hydroxylation is 1. The van der Waals surface area contributed by atoms with E-state index in [2.05, 4.69) is 10.3 Å². The third kappa shape index (κ3) is 7.71. The van der Waals surface area contributed by atoms with Crippen molar-refractivity contribution in [2.24, 2.45) is 5.92 Å². The average Bonchev–Trinajstić information content (AvgIpc) is 2.91. The van der Waals surface area contributed by atoms with Gasteiger partial charge in [0.05, 0.1) is 5.92 Å². The van der Waals surface area contributed by atoms with E-state index in [1.54, 1.807) is 70.7 Å². The zero-order valence-corrected chi connectivity index (χ0v) is 26.2. The molecule has 2 atom stereocenters. The second kappa shape index (κ2) is 12.6. The van der Waals surface area contributed by atoms with E-state index in [9.17, 15) is 24.3 Å². The lowest BCUT2D eigenvalue weighted by molar-refractivity contribution is -0.136. The highest BCUT2D eigenvalue weighted by atomic mass is 16.6. The van der Waals surface area contributed by atoms with Crippen LogP contribution in [0.3, 0.4) is 0 Å². The zero-order valence-electron chi connectivity index (χ0n) is 26.2. The number of hydrogen-bond acceptors (Lipinski definition) is 8. The van der Waals surface area contributed by atoms with Gasteiger partial charge in [0.25, 0.3) is 5.91 Å². The standard InChI is InChI=1S/C33H40N4O7/c1-20-10-13-23(14-11-20)36-18-8-9-25(29(36)40)26(38)28(39)35-22-12-15-24-21(19-22)16-17-34-27(24)37(30(41)43-32(2,3)4)31(42)44-33(5,6)7/h10-17,19,25-26,38H,8-9,18H2,1-7H3,(H,35,39). The number of nitrogens with zero attached hydrogens (tertiary/aromatic N) is 3. The third-order valence-corrected chi connectivity index (χ3v) is 6.85. The van der Waals surface area contributed by atoms with Crippen LogP contribution in [0.4, 0.5) is 26.8 Å². The number of amides is 4. The number of hydrogen-bond donors (Lipinski definition) is 2. The number of aliphatic hydroxyl groups is 1. The molecule has 2 N–H and O–H groups in total. The molecule has 0 bridgehead atoms. The van der Waals surface area contributed by atoms with Crippen LogP contribution in [0, 0.1) is 12.8 Å². The van der Waals surface area contributed by atoms with Gasteiger partial charge in [-0.25, -0.2) is 14.6 Å². The first-order valence-electron chi connectivity index (χ1n) is 14.6. The maximum atomic E-state index is 13.3. The van der Waals surface area contributed by atoms with Crippen molar-refractivity contribution in [1.29, 1.82) is 0 Å². The predicted molar refractivity (Wildman–Crippen MR) is 168 cm³/mol. The Morgan fingerprint density at radius 2 is 1.59 bits per heavy atom. The Balaban J connectivity index is 1.57. The number of aliphatic hydroxyl groups excluding tert-OH is 1. The second-order valence-corrected chi connectivity index (χ2v) is 12.9. The van der Waals surface area contributed by atoms with Crippen LogP contribution < -0.4 is 15.1 Å². The van der Waals surface area contributed by atoms with Gasteiger partial charge in [0.15, 0.2) is 5.82 Å². The van der Waals surface area contributed by atoms with E-state index >= 15 is 0 Å². The van der Waals surface area contributed by atoms with Gasteiger partial charge in [0.2, 0.25) is 5.91 Å². The summed E-state index contributed by atoms with van der Waals surface area (Å²) < 4.78 is 11.0. The molecule has 0 radical (unpaired) electrons. The maximum absolute atomic E-state index is 13.3. The molecule has 2 aromatic carbocycles. The van der Waals surface area contributed by atoms with Crippen molar-refractivity contribution in [3.63, 3.8) is 0 Å². The number of carbonyl (C=O) groups excluding carboxylic acids is 4. The van der Waals surface area contributed by atoms with Crippen LogP contribution in [0.2, 0.25) is 0 Å². The predicted octanol–water partition coefficient (Wildman–Crippen LogP) is 5.96. The summed E-state index contributed by atoms with van der Waals surface area (Å²) in [6, 6.07) is 14.0. The van der Waals surface area contributed by atoms with Gasteiger partial charge >= 0.3 is 12.2 Å². The number of nitrogens with one attached hydrogen (secondary N) is 1. The van der Waals surface area contributed by atoms with Gasteiger partial charge < -0.3 is 24.8 Å². The molecule has 1 aliphatic heterocycles. The van der Waals surface area contributed by atoms with Crippen molar-refractivity contribution >= 4 is 52.0 Å². The summed E-state index contributed by atoms with van der Waals surface area (Å²) in [6.07, 6.45) is -1.03. The smallest absolute Gasteiger partial charge is 0.425 e. The second-order valence-electron chi connectivity index (χ2n) is 12.9. The summed E-state index contributed by atoms with van der Waals surface area (Å²) in [5.41, 5.74) is 0.353. The lowest BCUT2D eigenvalue weighted by Gasteiger charge is -2.34. The first kappa shape index (κ1) is 32.4. The summed E-state index contributed by atoms with van der Waals surface area (Å²) in [5.74, 6) is -1.92. The molecule has 4 rings (SSSR count). The first-order chi connectivity index (χ1) is 20.5. The van der Waals surface area contributed by atoms with Crippen molar-refractivity contribution in [2.45, 2.75) is 78.6 Å². The monoisotopic (exact) mass is 604 g/mol. The Morgan fingerprint density at radius 1 is 0.977 bits per heavy atom. The summed E-state index contributed by atoms with van der Waals surface area (Å²) in [6.45, 7) is 12.5. The number of benzene rings is 2. The molecule has 1 aliphatic rings. The molecule has 4 amide bonds. The molecule has 1 aromatic heterocycles. The quantitative estimate of drug-likeness (QED) is 0.364. The molecule has 2 unspecified atom stereocenters. The van der Waals surface area contributed by atoms with E-state index in [-0.39, 0.29) is 11.7 Å². The number of fused-ring (bicyclic) bond motifs is 1. The number of pyridine rings is 1. The lowest BCUT2D eigenvalue weighted by atomic mass is 9.90. The normalized spacial score (nSPS) is 16.3. The lowest BCUT2D eigenvalue weighted by Crippen LogP contribution is -2.49. The van der Waals surface area contributed by atoms with Crippen LogP contribution in [-0.4, -0.2) is 57.9 Å². The van der Waals surface area contributed by atoms with E-state index in [4.69, 9.17) is 9.47 Å². The van der Waals surface area contributed by atoms with E-state index in [0.29, 0.717) is 35.8 Å². The van der Waals surface area contributed by atoms with Crippen LogP contribution in [0.5, 0.6) is 0 Å². The van der Waals surface area contributed by atoms with Crippen LogP contribution >= 0.6 is 0 Å². The van der Waals surface area contributed by atoms with Crippen molar-refractivity contribution in [3.8, 4) is 0 Å². The van der Waals surface area contributed by atoms with Crippen molar-refractivity contribution < 1.29 is 33.8 Å². The minimum absolute atomic E-state index is 0.00656. The van der Waals surface area contributed by atoms with Gasteiger partial charge in [-0.15, -0.1) is 0 Å². The summed E-state index contributed by atoms with van der Waals surface area (Å²) >= 11 is 0. The SMILES string of the molecule is Cc1ccc(N2CCCC(C(O)C(=O)Nc3ccc4c(N(C(=O)OC(C)(C)C)C(=O)OC(C)(C)C)nccc4c3)C2=O)cc1. The van der Waals surface area contributed by atoms with Gasteiger partial charge in [-0.05, 0) is 103 Å². The molecule has 11 heteroatoms. The Morgan fingerprint density at radius 3 is 2.18 bits per heavy atom. The van der Waals surface area contributed by atoms with Gasteiger partial charge in [0, 0.05) is 29.5 Å². The number of aromatic nitrogens is 1. The average molecular weight is 605 g/mol. The molecule has 234 valence electrons. The van der Waals surface area contributed by atoms with Crippen LogP contribution in [0.25, 0.3) is 10.8 Å². The highest BCUT2D eigenvalue weighted by Crippen LogP contribution is 2.31. The summed E-state index contributed by atoms with van der Waals surface area (Å²) in [7, 11) is 0. The molecule has 0 aliphatic carbocycles. The fourth-order valence-corrected chi connectivity index (χ4v) is 4.86. The molecule has 0 saturated carbocycles. The minimum Gasteiger partial charge on any atom is -0.443 e. The highest BCUT2D eigenvalue weighted by molar-refractivity contribution is 6.14. The number of piperidine rings is 1. The third-order valence-electron chi connectivity index (χ3n) is 6.85. The number of imide groups is 1. The van der Waals surface area contributed by atoms with Gasteiger partial charge in [-0.1, -0.05) is 17.7 Å². The van der Waals surface area contributed by atoms with Crippen LogP contribution in [0.15, 0.2) is 54.7 Å². The molecule has 11 nitrogen and oxygen atoms in total. The van der Waals surface area contributed by atoms with Gasteiger partial charge in [0.1, 0.15) is 17.3 Å². The van der Waals surface area contributed by atoms with E-state index in [1.165, 1.54) is 6.20 Å². The molecule has 2 heterocycles. The molecule has 44 heavy (non-hydrogen) atoms. The highest BCUT2D eigenvalue weighted by Gasteiger charge is 2.38. The molecule has 1 fully saturated rings. The van der Waals surface area contributed by atoms with Gasteiger partial charge in [-0.3, -0.25) is 9.59 Å². The van der Waals surface area contributed by atoms with Crippen molar-refractivity contribution in [3.05, 3.63) is 60.3 Å². The Kier molecular flexibility index (Phi) is 9.29. The van der Waals surface area contributed by atoms with Crippen molar-refractivity contribution in [2.75, 3.05) is 21.7 Å². The molecule has 3 aromatic rings. The first-order valence-corrected chi connectivity index (χ1v) is 14.6. The number of ether oxygens (including phenoxy) is 2. The minimum atomic E-state index is -1.56. The van der Waals surface area contributed by atoms with E-state index < -0.39 is 41.3 Å².